The predicted octanol–water partition coefficient (Wildman–Crippen LogP) is 0.551. The molecule has 0 radical (unpaired) electrons. The summed E-state index contributed by atoms with van der Waals surface area (Å²) in [7, 11) is 0. The Morgan fingerprint density at radius 3 is 3.00 bits per heavy atom. The van der Waals surface area contributed by atoms with Gasteiger partial charge >= 0.3 is 5.97 Å². The molecule has 82 valence electrons. The lowest BCUT2D eigenvalue weighted by atomic mass is 9.94. The first-order valence-electron chi connectivity index (χ1n) is 5.22. The normalized spacial score (nSPS) is 23.4. The summed E-state index contributed by atoms with van der Waals surface area (Å²) in [6.45, 7) is 4.18. The van der Waals surface area contributed by atoms with E-state index < -0.39 is 0 Å². The molecular formula is C10H19NO3. The Morgan fingerprint density at radius 2 is 2.50 bits per heavy atom. The standard InChI is InChI=1S/C10H19NO3/c1-2-14-10(12)9(6-11)5-8-3-4-13-7-8/h8-9H,2-7,11H2,1H3. The Bertz CT molecular complexity index is 178. The van der Waals surface area contributed by atoms with Gasteiger partial charge in [-0.15, -0.1) is 0 Å². The highest BCUT2D eigenvalue weighted by Gasteiger charge is 2.25. The molecule has 0 aromatic heterocycles. The minimum absolute atomic E-state index is 0.151. The zero-order valence-electron chi connectivity index (χ0n) is 8.70. The second kappa shape index (κ2) is 5.98. The Labute approximate surface area is 84.7 Å². The van der Waals surface area contributed by atoms with Crippen LogP contribution in [-0.2, 0) is 14.3 Å². The van der Waals surface area contributed by atoms with Gasteiger partial charge in [-0.1, -0.05) is 0 Å². The van der Waals surface area contributed by atoms with E-state index in [2.05, 4.69) is 0 Å². The largest absolute Gasteiger partial charge is 0.466 e. The van der Waals surface area contributed by atoms with Crippen molar-refractivity contribution in [2.45, 2.75) is 19.8 Å². The molecule has 0 aromatic rings. The SMILES string of the molecule is CCOC(=O)C(CN)CC1CCOC1. The highest BCUT2D eigenvalue weighted by molar-refractivity contribution is 5.72. The number of hydrogen-bond donors (Lipinski definition) is 1. The molecule has 1 heterocycles. The van der Waals surface area contributed by atoms with E-state index in [9.17, 15) is 4.79 Å². The zero-order valence-corrected chi connectivity index (χ0v) is 8.70. The number of nitrogens with two attached hydrogens (primary N) is 1. The summed E-state index contributed by atoms with van der Waals surface area (Å²) >= 11 is 0. The summed E-state index contributed by atoms with van der Waals surface area (Å²) in [5, 5.41) is 0. The van der Waals surface area contributed by atoms with E-state index in [1.54, 1.807) is 0 Å². The van der Waals surface area contributed by atoms with Crippen molar-refractivity contribution in [3.8, 4) is 0 Å². The van der Waals surface area contributed by atoms with Crippen LogP contribution in [0.1, 0.15) is 19.8 Å². The third-order valence-corrected chi connectivity index (χ3v) is 2.55. The molecule has 0 aliphatic carbocycles. The van der Waals surface area contributed by atoms with Gasteiger partial charge in [0.15, 0.2) is 0 Å². The minimum Gasteiger partial charge on any atom is -0.466 e. The van der Waals surface area contributed by atoms with Gasteiger partial charge in [-0.3, -0.25) is 4.79 Å². The van der Waals surface area contributed by atoms with E-state index in [-0.39, 0.29) is 11.9 Å². The van der Waals surface area contributed by atoms with Gasteiger partial charge in [-0.25, -0.2) is 0 Å². The zero-order chi connectivity index (χ0) is 10.4. The molecule has 1 aliphatic rings. The number of esters is 1. The molecule has 1 saturated heterocycles. The first kappa shape index (κ1) is 11.5. The molecule has 2 atom stereocenters. The number of carbonyl (C=O) groups excluding carboxylic acids is 1. The third kappa shape index (κ3) is 3.27. The van der Waals surface area contributed by atoms with Gasteiger partial charge < -0.3 is 15.2 Å². The van der Waals surface area contributed by atoms with Crippen LogP contribution >= 0.6 is 0 Å². The van der Waals surface area contributed by atoms with Crippen LogP contribution in [0.5, 0.6) is 0 Å². The molecule has 0 aromatic carbocycles. The fraction of sp³-hybridized carbons (Fsp3) is 0.900. The Balaban J connectivity index is 2.33. The maximum atomic E-state index is 11.4. The highest BCUT2D eigenvalue weighted by Crippen LogP contribution is 2.21. The molecule has 0 saturated carbocycles. The smallest absolute Gasteiger partial charge is 0.310 e. The van der Waals surface area contributed by atoms with Gasteiger partial charge in [0.25, 0.3) is 0 Å². The van der Waals surface area contributed by atoms with Crippen LogP contribution in [0.2, 0.25) is 0 Å². The van der Waals surface area contributed by atoms with E-state index in [0.717, 1.165) is 26.1 Å². The predicted molar refractivity (Wildman–Crippen MR) is 52.7 cm³/mol. The monoisotopic (exact) mass is 201 g/mol. The number of carbonyl (C=O) groups is 1. The summed E-state index contributed by atoms with van der Waals surface area (Å²) in [6, 6.07) is 0. The van der Waals surface area contributed by atoms with Crippen molar-refractivity contribution < 1.29 is 14.3 Å². The number of rotatable bonds is 5. The maximum absolute atomic E-state index is 11.4. The summed E-state index contributed by atoms with van der Waals surface area (Å²) in [6.07, 6.45) is 1.84. The first-order chi connectivity index (χ1) is 6.77. The summed E-state index contributed by atoms with van der Waals surface area (Å²) in [4.78, 5) is 11.4. The van der Waals surface area contributed by atoms with Crippen molar-refractivity contribution in [2.24, 2.45) is 17.6 Å². The van der Waals surface area contributed by atoms with Crippen LogP contribution < -0.4 is 5.73 Å². The van der Waals surface area contributed by atoms with Crippen molar-refractivity contribution in [2.75, 3.05) is 26.4 Å². The molecule has 14 heavy (non-hydrogen) atoms. The number of hydrogen-bond acceptors (Lipinski definition) is 4. The van der Waals surface area contributed by atoms with E-state index in [0.29, 0.717) is 19.1 Å². The molecule has 4 nitrogen and oxygen atoms in total. The van der Waals surface area contributed by atoms with E-state index in [4.69, 9.17) is 15.2 Å². The van der Waals surface area contributed by atoms with Crippen LogP contribution in [0.3, 0.4) is 0 Å². The van der Waals surface area contributed by atoms with Crippen LogP contribution in [0.15, 0.2) is 0 Å². The van der Waals surface area contributed by atoms with E-state index in [1.165, 1.54) is 0 Å². The Kier molecular flexibility index (Phi) is 4.90. The van der Waals surface area contributed by atoms with Crippen LogP contribution in [-0.4, -0.2) is 32.3 Å². The second-order valence-electron chi connectivity index (χ2n) is 3.65. The van der Waals surface area contributed by atoms with Gasteiger partial charge in [0.2, 0.25) is 0 Å². The molecular weight excluding hydrogens is 182 g/mol. The summed E-state index contributed by atoms with van der Waals surface area (Å²) < 4.78 is 10.2. The maximum Gasteiger partial charge on any atom is 0.310 e. The molecule has 1 fully saturated rings. The third-order valence-electron chi connectivity index (χ3n) is 2.55. The van der Waals surface area contributed by atoms with Gasteiger partial charge in [-0.05, 0) is 25.7 Å². The van der Waals surface area contributed by atoms with Crippen LogP contribution in [0.4, 0.5) is 0 Å². The Morgan fingerprint density at radius 1 is 1.71 bits per heavy atom. The van der Waals surface area contributed by atoms with E-state index >= 15 is 0 Å². The molecule has 1 aliphatic heterocycles. The van der Waals surface area contributed by atoms with Gasteiger partial charge in [0, 0.05) is 19.8 Å². The quantitative estimate of drug-likeness (QED) is 0.660. The molecule has 0 amide bonds. The summed E-state index contributed by atoms with van der Waals surface area (Å²) in [5.41, 5.74) is 5.54. The molecule has 4 heteroatoms. The molecule has 0 spiro atoms. The first-order valence-corrected chi connectivity index (χ1v) is 5.22. The topological polar surface area (TPSA) is 61.5 Å². The summed E-state index contributed by atoms with van der Waals surface area (Å²) in [5.74, 6) is 0.163. The van der Waals surface area contributed by atoms with Crippen molar-refractivity contribution in [1.29, 1.82) is 0 Å². The van der Waals surface area contributed by atoms with Crippen LogP contribution in [0.25, 0.3) is 0 Å². The number of ether oxygens (including phenoxy) is 2. The fourth-order valence-corrected chi connectivity index (χ4v) is 1.72. The average Bonchev–Trinajstić information content (AvgIpc) is 2.66. The lowest BCUT2D eigenvalue weighted by Gasteiger charge is -2.16. The molecule has 2 unspecified atom stereocenters. The van der Waals surface area contributed by atoms with E-state index in [1.807, 2.05) is 6.92 Å². The van der Waals surface area contributed by atoms with Crippen molar-refractivity contribution in [3.63, 3.8) is 0 Å². The molecule has 0 bridgehead atoms. The van der Waals surface area contributed by atoms with Crippen molar-refractivity contribution in [1.82, 2.24) is 0 Å². The van der Waals surface area contributed by atoms with Gasteiger partial charge in [-0.2, -0.15) is 0 Å². The Hall–Kier alpha value is -0.610. The highest BCUT2D eigenvalue weighted by atomic mass is 16.5. The lowest BCUT2D eigenvalue weighted by Crippen LogP contribution is -2.28. The average molecular weight is 201 g/mol. The van der Waals surface area contributed by atoms with Gasteiger partial charge in [0.1, 0.15) is 0 Å². The second-order valence-corrected chi connectivity index (χ2v) is 3.65. The lowest BCUT2D eigenvalue weighted by molar-refractivity contribution is -0.148. The molecule has 2 N–H and O–H groups in total. The van der Waals surface area contributed by atoms with Gasteiger partial charge in [0.05, 0.1) is 12.5 Å². The molecule has 1 rings (SSSR count). The fourth-order valence-electron chi connectivity index (χ4n) is 1.72. The minimum atomic E-state index is -0.165. The van der Waals surface area contributed by atoms with Crippen molar-refractivity contribution >= 4 is 5.97 Å². The van der Waals surface area contributed by atoms with Crippen molar-refractivity contribution in [3.05, 3.63) is 0 Å². The van der Waals surface area contributed by atoms with Crippen LogP contribution in [0, 0.1) is 11.8 Å².